The maximum Gasteiger partial charge on any atom is 0.321 e. The average molecular weight is 343 g/mol. The zero-order valence-corrected chi connectivity index (χ0v) is 15.2. The molecule has 2 atom stereocenters. The molecule has 7 nitrogen and oxygen atoms in total. The summed E-state index contributed by atoms with van der Waals surface area (Å²) < 4.78 is 5.06. The fourth-order valence-corrected chi connectivity index (χ4v) is 3.47. The summed E-state index contributed by atoms with van der Waals surface area (Å²) in [6.45, 7) is 5.94. The lowest BCUT2D eigenvalue weighted by Gasteiger charge is -2.39. The first-order chi connectivity index (χ1) is 12.0. The number of anilines is 1. The number of rotatable bonds is 3. The highest BCUT2D eigenvalue weighted by atomic mass is 16.5. The Labute approximate surface area is 148 Å². The van der Waals surface area contributed by atoms with Gasteiger partial charge in [-0.1, -0.05) is 24.2 Å². The second kappa shape index (κ2) is 7.23. The lowest BCUT2D eigenvalue weighted by Crippen LogP contribution is -2.50. The molecule has 0 bridgehead atoms. The van der Waals surface area contributed by atoms with Crippen LogP contribution in [0.2, 0.25) is 0 Å². The van der Waals surface area contributed by atoms with Crippen LogP contribution in [0.3, 0.4) is 0 Å². The Morgan fingerprint density at radius 3 is 2.84 bits per heavy atom. The molecule has 1 fully saturated rings. The quantitative estimate of drug-likeness (QED) is 0.927. The third kappa shape index (κ3) is 3.82. The van der Waals surface area contributed by atoms with E-state index in [-0.39, 0.29) is 12.1 Å². The van der Waals surface area contributed by atoms with Gasteiger partial charge >= 0.3 is 6.03 Å². The Hall–Kier alpha value is -2.41. The van der Waals surface area contributed by atoms with Crippen molar-refractivity contribution in [2.45, 2.75) is 26.3 Å². The predicted molar refractivity (Wildman–Crippen MR) is 96.3 cm³/mol. The van der Waals surface area contributed by atoms with E-state index in [0.29, 0.717) is 23.3 Å². The third-order valence-electron chi connectivity index (χ3n) is 4.82. The molecule has 0 spiro atoms. The van der Waals surface area contributed by atoms with E-state index < -0.39 is 0 Å². The number of nitrogens with one attached hydrogen (secondary N) is 1. The van der Waals surface area contributed by atoms with Gasteiger partial charge in [-0.25, -0.2) is 4.79 Å². The maximum absolute atomic E-state index is 12.8. The van der Waals surface area contributed by atoms with Gasteiger partial charge in [-0.2, -0.15) is 4.98 Å². The Balaban J connectivity index is 1.75. The van der Waals surface area contributed by atoms with Crippen LogP contribution in [0.25, 0.3) is 11.4 Å². The largest absolute Gasteiger partial charge is 0.339 e. The van der Waals surface area contributed by atoms with Crippen molar-refractivity contribution in [2.75, 3.05) is 32.5 Å². The van der Waals surface area contributed by atoms with Crippen LogP contribution in [0.1, 0.15) is 19.2 Å². The molecule has 1 aromatic carbocycles. The number of piperidine rings is 1. The molecule has 2 amide bonds. The van der Waals surface area contributed by atoms with E-state index in [1.807, 2.05) is 36.2 Å². The van der Waals surface area contributed by atoms with Crippen LogP contribution in [-0.4, -0.2) is 59.2 Å². The molecule has 2 heterocycles. The first-order valence-electron chi connectivity index (χ1n) is 8.57. The Kier molecular flexibility index (Phi) is 5.03. The number of para-hydroxylation sites is 1. The number of aryl methyl sites for hydroxylation is 1. The summed E-state index contributed by atoms with van der Waals surface area (Å²) in [5.74, 6) is 1.40. The number of hydrogen-bond acceptors (Lipinski definition) is 5. The lowest BCUT2D eigenvalue weighted by molar-refractivity contribution is 0.113. The topological polar surface area (TPSA) is 74.5 Å². The summed E-state index contributed by atoms with van der Waals surface area (Å²) in [7, 11) is 3.98. The van der Waals surface area contributed by atoms with E-state index in [1.54, 1.807) is 6.92 Å². The molecule has 1 aliphatic rings. The highest BCUT2D eigenvalue weighted by Crippen LogP contribution is 2.26. The van der Waals surface area contributed by atoms with Crippen molar-refractivity contribution in [1.82, 2.24) is 19.9 Å². The highest BCUT2D eigenvalue weighted by molar-refractivity contribution is 5.93. The standard InChI is InChI=1S/C18H25N5O2/c1-12-11-22(3)10-9-16(12)23(4)18(24)20-15-8-6-5-7-14(15)17-19-13(2)25-21-17/h5-8,12,16H,9-11H2,1-4H3,(H,20,24)/t12-,16+/m1/s1. The van der Waals surface area contributed by atoms with Crippen LogP contribution in [0, 0.1) is 12.8 Å². The Morgan fingerprint density at radius 1 is 1.40 bits per heavy atom. The number of carbonyl (C=O) groups excluding carboxylic acids is 1. The second-order valence-electron chi connectivity index (χ2n) is 6.82. The molecule has 1 aromatic heterocycles. The zero-order chi connectivity index (χ0) is 18.0. The van der Waals surface area contributed by atoms with Gasteiger partial charge in [0.1, 0.15) is 0 Å². The summed E-state index contributed by atoms with van der Waals surface area (Å²) in [6.07, 6.45) is 0.979. The first-order valence-corrected chi connectivity index (χ1v) is 8.57. The molecule has 0 unspecified atom stereocenters. The molecular weight excluding hydrogens is 318 g/mol. The van der Waals surface area contributed by atoms with Crippen LogP contribution >= 0.6 is 0 Å². The van der Waals surface area contributed by atoms with Gasteiger partial charge in [0, 0.05) is 32.1 Å². The van der Waals surface area contributed by atoms with Crippen molar-refractivity contribution in [3.8, 4) is 11.4 Å². The summed E-state index contributed by atoms with van der Waals surface area (Å²) >= 11 is 0. The minimum Gasteiger partial charge on any atom is -0.339 e. The Morgan fingerprint density at radius 2 is 2.16 bits per heavy atom. The molecule has 25 heavy (non-hydrogen) atoms. The monoisotopic (exact) mass is 343 g/mol. The molecule has 1 aliphatic heterocycles. The van der Waals surface area contributed by atoms with Crippen LogP contribution in [0.4, 0.5) is 10.5 Å². The maximum atomic E-state index is 12.8. The van der Waals surface area contributed by atoms with Gasteiger partial charge in [0.05, 0.1) is 5.69 Å². The number of benzene rings is 1. The fraction of sp³-hybridized carbons (Fsp3) is 0.500. The Bertz CT molecular complexity index is 745. The van der Waals surface area contributed by atoms with Gasteiger partial charge < -0.3 is 19.6 Å². The van der Waals surface area contributed by atoms with Crippen molar-refractivity contribution < 1.29 is 9.32 Å². The van der Waals surface area contributed by atoms with E-state index in [2.05, 4.69) is 34.3 Å². The molecule has 2 aromatic rings. The minimum atomic E-state index is -0.117. The van der Waals surface area contributed by atoms with Gasteiger partial charge in [-0.15, -0.1) is 0 Å². The van der Waals surface area contributed by atoms with E-state index in [1.165, 1.54) is 0 Å². The SMILES string of the molecule is Cc1nc(-c2ccccc2NC(=O)N(C)[C@H]2CCN(C)C[C@H]2C)no1. The summed E-state index contributed by atoms with van der Waals surface area (Å²) in [5, 5.41) is 6.95. The van der Waals surface area contributed by atoms with Gasteiger partial charge in [0.25, 0.3) is 0 Å². The third-order valence-corrected chi connectivity index (χ3v) is 4.82. The number of likely N-dealkylation sites (tertiary alicyclic amines) is 1. The van der Waals surface area contributed by atoms with Gasteiger partial charge in [-0.3, -0.25) is 0 Å². The average Bonchev–Trinajstić information content (AvgIpc) is 3.01. The minimum absolute atomic E-state index is 0.117. The zero-order valence-electron chi connectivity index (χ0n) is 15.2. The van der Waals surface area contributed by atoms with Crippen molar-refractivity contribution in [1.29, 1.82) is 0 Å². The van der Waals surface area contributed by atoms with E-state index >= 15 is 0 Å². The normalized spacial score (nSPS) is 21.1. The first kappa shape index (κ1) is 17.4. The van der Waals surface area contributed by atoms with Crippen molar-refractivity contribution in [2.24, 2.45) is 5.92 Å². The van der Waals surface area contributed by atoms with E-state index in [9.17, 15) is 4.79 Å². The summed E-state index contributed by atoms with van der Waals surface area (Å²) in [6, 6.07) is 7.61. The summed E-state index contributed by atoms with van der Waals surface area (Å²) in [4.78, 5) is 21.1. The van der Waals surface area contributed by atoms with Gasteiger partial charge in [0.15, 0.2) is 0 Å². The molecule has 1 N–H and O–H groups in total. The number of aromatic nitrogens is 2. The number of carbonyl (C=O) groups is 1. The number of urea groups is 1. The van der Waals surface area contributed by atoms with Crippen molar-refractivity contribution in [3.05, 3.63) is 30.2 Å². The molecule has 0 aliphatic carbocycles. The van der Waals surface area contributed by atoms with Crippen molar-refractivity contribution >= 4 is 11.7 Å². The highest BCUT2D eigenvalue weighted by Gasteiger charge is 2.30. The van der Waals surface area contributed by atoms with Crippen molar-refractivity contribution in [3.63, 3.8) is 0 Å². The van der Waals surface area contributed by atoms with Crippen LogP contribution < -0.4 is 5.32 Å². The van der Waals surface area contributed by atoms with Crippen LogP contribution in [0.5, 0.6) is 0 Å². The smallest absolute Gasteiger partial charge is 0.321 e. The molecular formula is C18H25N5O2. The number of amides is 2. The number of nitrogens with zero attached hydrogens (tertiary/aromatic N) is 4. The predicted octanol–water partition coefficient (Wildman–Crippen LogP) is 2.85. The molecule has 0 radical (unpaired) electrons. The molecule has 134 valence electrons. The summed E-state index contributed by atoms with van der Waals surface area (Å²) in [5.41, 5.74) is 1.43. The van der Waals surface area contributed by atoms with Crippen LogP contribution in [0.15, 0.2) is 28.8 Å². The molecule has 7 heteroatoms. The van der Waals surface area contributed by atoms with Gasteiger partial charge in [-0.05, 0) is 38.1 Å². The second-order valence-corrected chi connectivity index (χ2v) is 6.82. The molecule has 0 saturated carbocycles. The molecule has 1 saturated heterocycles. The van der Waals surface area contributed by atoms with Crippen LogP contribution in [-0.2, 0) is 0 Å². The lowest BCUT2D eigenvalue weighted by atomic mass is 9.93. The van der Waals surface area contributed by atoms with E-state index in [4.69, 9.17) is 4.52 Å². The van der Waals surface area contributed by atoms with Gasteiger partial charge in [0.2, 0.25) is 11.7 Å². The molecule has 3 rings (SSSR count). The van der Waals surface area contributed by atoms with E-state index in [0.717, 1.165) is 25.1 Å². The fourth-order valence-electron chi connectivity index (χ4n) is 3.47. The number of hydrogen-bond donors (Lipinski definition) is 1.